The van der Waals surface area contributed by atoms with Gasteiger partial charge in [-0.05, 0) is 36.2 Å². The molecule has 2 heterocycles. The van der Waals surface area contributed by atoms with Crippen molar-refractivity contribution in [3.63, 3.8) is 0 Å². The first-order valence-electron chi connectivity index (χ1n) is 6.24. The fourth-order valence-corrected chi connectivity index (χ4v) is 2.20. The van der Waals surface area contributed by atoms with Gasteiger partial charge in [-0.2, -0.15) is 4.98 Å². The van der Waals surface area contributed by atoms with Gasteiger partial charge in [0.25, 0.3) is 11.8 Å². The molecular weight excluding hydrogens is 246 g/mol. The molecular formula is C13H15N3O3. The molecule has 3 rings (SSSR count). The second-order valence-electron chi connectivity index (χ2n) is 4.48. The summed E-state index contributed by atoms with van der Waals surface area (Å²) in [5.74, 6) is 1.49. The predicted octanol–water partition coefficient (Wildman–Crippen LogP) is 2.05. The molecule has 0 radical (unpaired) electrons. The van der Waals surface area contributed by atoms with Crippen LogP contribution in [0.15, 0.2) is 22.7 Å². The van der Waals surface area contributed by atoms with Crippen LogP contribution in [0.2, 0.25) is 0 Å². The largest absolute Gasteiger partial charge is 0.504 e. The summed E-state index contributed by atoms with van der Waals surface area (Å²) in [6.45, 7) is 1.93. The van der Waals surface area contributed by atoms with Gasteiger partial charge in [-0.25, -0.2) is 0 Å². The number of phenols is 1. The number of hydrogen-bond donors (Lipinski definition) is 1. The van der Waals surface area contributed by atoms with Gasteiger partial charge < -0.3 is 19.3 Å². The van der Waals surface area contributed by atoms with Crippen LogP contribution in [-0.4, -0.2) is 35.4 Å². The molecule has 1 aliphatic heterocycles. The fraction of sp³-hybridized carbons (Fsp3) is 0.385. The van der Waals surface area contributed by atoms with Crippen molar-refractivity contribution < 1.29 is 14.4 Å². The van der Waals surface area contributed by atoms with Crippen molar-refractivity contribution in [1.82, 2.24) is 10.1 Å². The van der Waals surface area contributed by atoms with Crippen molar-refractivity contribution in [2.75, 3.05) is 25.1 Å². The molecule has 0 atom stereocenters. The van der Waals surface area contributed by atoms with Crippen molar-refractivity contribution in [3.05, 3.63) is 18.2 Å². The molecule has 2 aromatic rings. The minimum Gasteiger partial charge on any atom is -0.504 e. The molecule has 1 fully saturated rings. The van der Waals surface area contributed by atoms with Gasteiger partial charge in [-0.1, -0.05) is 0 Å². The highest BCUT2D eigenvalue weighted by atomic mass is 16.5. The van der Waals surface area contributed by atoms with Crippen molar-refractivity contribution >= 4 is 5.95 Å². The first kappa shape index (κ1) is 11.8. The molecule has 6 nitrogen and oxygen atoms in total. The standard InChI is InChI=1S/C13H15N3O3/c1-18-11-5-4-9(8-10(11)17)12-14-13(15-19-12)16-6-2-3-7-16/h4-5,8,17H,2-3,6-7H2,1H3. The van der Waals surface area contributed by atoms with Gasteiger partial charge in [-0.15, -0.1) is 0 Å². The molecule has 100 valence electrons. The van der Waals surface area contributed by atoms with Crippen LogP contribution in [0.5, 0.6) is 11.5 Å². The van der Waals surface area contributed by atoms with Crippen LogP contribution in [-0.2, 0) is 0 Å². The van der Waals surface area contributed by atoms with E-state index in [1.54, 1.807) is 18.2 Å². The third-order valence-electron chi connectivity index (χ3n) is 3.23. The Morgan fingerprint density at radius 3 is 2.79 bits per heavy atom. The molecule has 1 aromatic carbocycles. The van der Waals surface area contributed by atoms with E-state index in [1.165, 1.54) is 7.11 Å². The second-order valence-corrected chi connectivity index (χ2v) is 4.48. The number of rotatable bonds is 3. The molecule has 0 saturated carbocycles. The van der Waals surface area contributed by atoms with Gasteiger partial charge in [0.1, 0.15) is 0 Å². The maximum Gasteiger partial charge on any atom is 0.266 e. The quantitative estimate of drug-likeness (QED) is 0.911. The second kappa shape index (κ2) is 4.79. The van der Waals surface area contributed by atoms with Crippen LogP contribution in [0.1, 0.15) is 12.8 Å². The van der Waals surface area contributed by atoms with Crippen LogP contribution < -0.4 is 9.64 Å². The Hall–Kier alpha value is -2.24. The first-order valence-corrected chi connectivity index (χ1v) is 6.24. The van der Waals surface area contributed by atoms with E-state index in [2.05, 4.69) is 15.0 Å². The van der Waals surface area contributed by atoms with E-state index < -0.39 is 0 Å². The monoisotopic (exact) mass is 261 g/mol. The maximum absolute atomic E-state index is 9.75. The summed E-state index contributed by atoms with van der Waals surface area (Å²) in [5.41, 5.74) is 0.677. The Bertz CT molecular complexity index is 576. The summed E-state index contributed by atoms with van der Waals surface area (Å²) in [5, 5.41) is 13.7. The number of ether oxygens (including phenoxy) is 1. The number of hydrogen-bond acceptors (Lipinski definition) is 6. The van der Waals surface area contributed by atoms with Crippen LogP contribution in [0.4, 0.5) is 5.95 Å². The SMILES string of the molecule is COc1ccc(-c2nc(N3CCCC3)no2)cc1O. The highest BCUT2D eigenvalue weighted by molar-refractivity contribution is 5.60. The van der Waals surface area contributed by atoms with Crippen molar-refractivity contribution in [2.45, 2.75) is 12.8 Å². The molecule has 0 aliphatic carbocycles. The van der Waals surface area contributed by atoms with Gasteiger partial charge >= 0.3 is 0 Å². The van der Waals surface area contributed by atoms with Gasteiger partial charge in [0.05, 0.1) is 7.11 Å². The Balaban J connectivity index is 1.87. The summed E-state index contributed by atoms with van der Waals surface area (Å²) < 4.78 is 10.2. The normalized spacial score (nSPS) is 14.9. The van der Waals surface area contributed by atoms with Crippen LogP contribution in [0, 0.1) is 0 Å². The summed E-state index contributed by atoms with van der Waals surface area (Å²) in [6, 6.07) is 5.00. The number of methoxy groups -OCH3 is 1. The number of aromatic hydroxyl groups is 1. The number of nitrogens with zero attached hydrogens (tertiary/aromatic N) is 3. The Morgan fingerprint density at radius 2 is 2.11 bits per heavy atom. The zero-order valence-electron chi connectivity index (χ0n) is 10.7. The van der Waals surface area contributed by atoms with Crippen LogP contribution in [0.3, 0.4) is 0 Å². The maximum atomic E-state index is 9.75. The minimum absolute atomic E-state index is 0.0564. The molecule has 0 bridgehead atoms. The third-order valence-corrected chi connectivity index (χ3v) is 3.23. The van der Waals surface area contributed by atoms with E-state index in [9.17, 15) is 5.11 Å². The highest BCUT2D eigenvalue weighted by Gasteiger charge is 2.19. The molecule has 0 spiro atoms. The van der Waals surface area contributed by atoms with E-state index >= 15 is 0 Å². The lowest BCUT2D eigenvalue weighted by Crippen LogP contribution is -2.18. The summed E-state index contributed by atoms with van der Waals surface area (Å²) in [6.07, 6.45) is 2.32. The van der Waals surface area contributed by atoms with Crippen LogP contribution >= 0.6 is 0 Å². The zero-order valence-corrected chi connectivity index (χ0v) is 10.7. The predicted molar refractivity (Wildman–Crippen MR) is 69.4 cm³/mol. The van der Waals surface area contributed by atoms with Gasteiger partial charge in [0.15, 0.2) is 11.5 Å². The zero-order chi connectivity index (χ0) is 13.2. The molecule has 1 saturated heterocycles. The van der Waals surface area contributed by atoms with E-state index in [4.69, 9.17) is 9.26 Å². The average Bonchev–Trinajstić information content (AvgIpc) is 3.09. The number of aromatic nitrogens is 2. The lowest BCUT2D eigenvalue weighted by Gasteiger charge is -2.09. The van der Waals surface area contributed by atoms with E-state index in [1.807, 2.05) is 0 Å². The lowest BCUT2D eigenvalue weighted by atomic mass is 10.2. The molecule has 6 heteroatoms. The summed E-state index contributed by atoms with van der Waals surface area (Å²) >= 11 is 0. The Labute approximate surface area is 110 Å². The number of benzene rings is 1. The topological polar surface area (TPSA) is 71.6 Å². The molecule has 1 aliphatic rings. The molecule has 1 aromatic heterocycles. The van der Waals surface area contributed by atoms with Crippen LogP contribution in [0.25, 0.3) is 11.5 Å². The van der Waals surface area contributed by atoms with E-state index in [0.29, 0.717) is 23.2 Å². The Kier molecular flexibility index (Phi) is 2.98. The van der Waals surface area contributed by atoms with E-state index in [0.717, 1.165) is 25.9 Å². The highest BCUT2D eigenvalue weighted by Crippen LogP contribution is 2.31. The molecule has 1 N–H and O–H groups in total. The first-order chi connectivity index (χ1) is 9.28. The third kappa shape index (κ3) is 2.21. The van der Waals surface area contributed by atoms with Crippen molar-refractivity contribution in [1.29, 1.82) is 0 Å². The van der Waals surface area contributed by atoms with Crippen molar-refractivity contribution in [3.8, 4) is 23.0 Å². The minimum atomic E-state index is 0.0564. The molecule has 0 unspecified atom stereocenters. The van der Waals surface area contributed by atoms with Crippen molar-refractivity contribution in [2.24, 2.45) is 0 Å². The number of anilines is 1. The van der Waals surface area contributed by atoms with E-state index in [-0.39, 0.29) is 5.75 Å². The molecule has 19 heavy (non-hydrogen) atoms. The summed E-state index contributed by atoms with van der Waals surface area (Å²) in [4.78, 5) is 6.45. The van der Waals surface area contributed by atoms with Gasteiger partial charge in [0.2, 0.25) is 0 Å². The average molecular weight is 261 g/mol. The summed E-state index contributed by atoms with van der Waals surface area (Å²) in [7, 11) is 1.51. The lowest BCUT2D eigenvalue weighted by molar-refractivity contribution is 0.373. The van der Waals surface area contributed by atoms with Gasteiger partial charge in [0, 0.05) is 18.7 Å². The smallest absolute Gasteiger partial charge is 0.266 e. The molecule has 0 amide bonds. The Morgan fingerprint density at radius 1 is 1.32 bits per heavy atom. The number of phenolic OH excluding ortho intramolecular Hbond substituents is 1. The van der Waals surface area contributed by atoms with Gasteiger partial charge in [-0.3, -0.25) is 0 Å². The fourth-order valence-electron chi connectivity index (χ4n) is 2.20.